The first-order valence-electron chi connectivity index (χ1n) is 7.76. The summed E-state index contributed by atoms with van der Waals surface area (Å²) in [6.07, 6.45) is 13.3. The van der Waals surface area contributed by atoms with Gasteiger partial charge in [-0.1, -0.05) is 6.42 Å². The highest BCUT2D eigenvalue weighted by molar-refractivity contribution is 7.79. The lowest BCUT2D eigenvalue weighted by molar-refractivity contribution is 0.221. The molecule has 3 aliphatic rings. The second kappa shape index (κ2) is 6.73. The highest BCUT2D eigenvalue weighted by Gasteiger charge is 2.40. The molecule has 5 nitrogen and oxygen atoms in total. The molecule has 3 aliphatic carbocycles. The minimum atomic E-state index is -4.67. The molecular formula is C14H27NO4S. The first-order valence-corrected chi connectivity index (χ1v) is 9.16. The zero-order valence-corrected chi connectivity index (χ0v) is 12.8. The molecule has 0 spiro atoms. The highest BCUT2D eigenvalue weighted by atomic mass is 32.3. The molecule has 3 atom stereocenters. The van der Waals surface area contributed by atoms with E-state index < -0.39 is 10.4 Å². The molecule has 3 unspecified atom stereocenters. The van der Waals surface area contributed by atoms with E-state index in [1.165, 1.54) is 25.7 Å². The van der Waals surface area contributed by atoms with Gasteiger partial charge in [0.1, 0.15) is 0 Å². The lowest BCUT2D eigenvalue weighted by Gasteiger charge is -2.31. The van der Waals surface area contributed by atoms with Gasteiger partial charge in [0.2, 0.25) is 0 Å². The molecule has 0 aromatic rings. The van der Waals surface area contributed by atoms with Gasteiger partial charge in [0.05, 0.1) is 0 Å². The summed E-state index contributed by atoms with van der Waals surface area (Å²) in [5, 5.41) is 0. The van der Waals surface area contributed by atoms with Crippen LogP contribution in [0.15, 0.2) is 0 Å². The molecule has 0 aromatic carbocycles. The van der Waals surface area contributed by atoms with E-state index in [0.717, 1.165) is 23.7 Å². The number of hydrogen-bond donors (Lipinski definition) is 3. The summed E-state index contributed by atoms with van der Waals surface area (Å²) in [6.45, 7) is 0. The molecule has 3 rings (SSSR count). The van der Waals surface area contributed by atoms with Gasteiger partial charge in [-0.2, -0.15) is 8.42 Å². The Hall–Kier alpha value is -0.170. The van der Waals surface area contributed by atoms with Gasteiger partial charge in [0.25, 0.3) is 0 Å². The summed E-state index contributed by atoms with van der Waals surface area (Å²) in [7, 11) is -4.67. The van der Waals surface area contributed by atoms with Crippen LogP contribution in [-0.2, 0) is 10.4 Å². The molecule has 0 heterocycles. The quantitative estimate of drug-likeness (QED) is 0.681. The van der Waals surface area contributed by atoms with Crippen molar-refractivity contribution in [1.82, 2.24) is 0 Å². The van der Waals surface area contributed by atoms with E-state index in [4.69, 9.17) is 23.3 Å². The van der Waals surface area contributed by atoms with E-state index in [0.29, 0.717) is 6.04 Å². The van der Waals surface area contributed by atoms with Gasteiger partial charge in [-0.05, 0) is 75.0 Å². The Labute approximate surface area is 121 Å². The number of hydrogen-bond acceptors (Lipinski definition) is 3. The van der Waals surface area contributed by atoms with Crippen molar-refractivity contribution >= 4 is 10.4 Å². The fourth-order valence-electron chi connectivity index (χ4n) is 4.52. The average molecular weight is 305 g/mol. The second-order valence-electron chi connectivity index (χ2n) is 6.90. The standard InChI is InChI=1S/C14H25N.H2O4S/c15-14-5-2-10(3-6-14)7-13-9-11-1-4-12(13)8-11;1-5(2,3)4/h10-14H,1-9,15H2;(H2,1,2,3,4). The van der Waals surface area contributed by atoms with E-state index in [-0.39, 0.29) is 0 Å². The molecule has 3 saturated carbocycles. The Morgan fingerprint density at radius 3 is 2.00 bits per heavy atom. The second-order valence-corrected chi connectivity index (χ2v) is 7.79. The first-order chi connectivity index (χ1) is 9.31. The van der Waals surface area contributed by atoms with Crippen LogP contribution in [0.25, 0.3) is 0 Å². The first kappa shape index (κ1) is 16.2. The lowest BCUT2D eigenvalue weighted by Crippen LogP contribution is -2.28. The Morgan fingerprint density at radius 1 is 0.950 bits per heavy atom. The molecular weight excluding hydrogens is 278 g/mol. The van der Waals surface area contributed by atoms with Crippen molar-refractivity contribution < 1.29 is 17.5 Å². The summed E-state index contributed by atoms with van der Waals surface area (Å²) < 4.78 is 31.6. The van der Waals surface area contributed by atoms with Crippen molar-refractivity contribution in [3.8, 4) is 0 Å². The summed E-state index contributed by atoms with van der Waals surface area (Å²) in [4.78, 5) is 0. The predicted molar refractivity (Wildman–Crippen MR) is 77.7 cm³/mol. The average Bonchev–Trinajstić information content (AvgIpc) is 2.92. The predicted octanol–water partition coefficient (Wildman–Crippen LogP) is 2.68. The zero-order valence-electron chi connectivity index (χ0n) is 11.9. The third-order valence-corrected chi connectivity index (χ3v) is 5.41. The minimum absolute atomic E-state index is 0.529. The summed E-state index contributed by atoms with van der Waals surface area (Å²) in [5.41, 5.74) is 5.97. The van der Waals surface area contributed by atoms with Crippen LogP contribution >= 0.6 is 0 Å². The lowest BCUT2D eigenvalue weighted by atomic mass is 9.76. The highest BCUT2D eigenvalue weighted by Crippen LogP contribution is 2.51. The van der Waals surface area contributed by atoms with Crippen molar-refractivity contribution in [3.05, 3.63) is 0 Å². The van der Waals surface area contributed by atoms with Gasteiger partial charge in [0.15, 0.2) is 0 Å². The van der Waals surface area contributed by atoms with E-state index >= 15 is 0 Å². The molecule has 0 amide bonds. The molecule has 0 aromatic heterocycles. The molecule has 0 radical (unpaired) electrons. The molecule has 3 fully saturated rings. The van der Waals surface area contributed by atoms with Crippen LogP contribution in [0, 0.1) is 23.7 Å². The van der Waals surface area contributed by atoms with Crippen LogP contribution in [0.1, 0.15) is 57.8 Å². The van der Waals surface area contributed by atoms with Crippen molar-refractivity contribution in [2.75, 3.05) is 0 Å². The van der Waals surface area contributed by atoms with Crippen LogP contribution in [0.2, 0.25) is 0 Å². The normalized spacial score (nSPS) is 40.2. The van der Waals surface area contributed by atoms with E-state index in [1.807, 2.05) is 0 Å². The van der Waals surface area contributed by atoms with Crippen LogP contribution in [0.5, 0.6) is 0 Å². The minimum Gasteiger partial charge on any atom is -0.328 e. The molecule has 4 N–H and O–H groups in total. The maximum absolute atomic E-state index is 8.74. The smallest absolute Gasteiger partial charge is 0.328 e. The Bertz CT molecular complexity index is 395. The SMILES string of the molecule is NC1CCC(CC2CC3CCC2C3)CC1.O=S(=O)(O)O. The van der Waals surface area contributed by atoms with Crippen molar-refractivity contribution in [1.29, 1.82) is 0 Å². The van der Waals surface area contributed by atoms with Gasteiger partial charge < -0.3 is 5.73 Å². The molecule has 118 valence electrons. The molecule has 0 saturated heterocycles. The molecule has 20 heavy (non-hydrogen) atoms. The summed E-state index contributed by atoms with van der Waals surface area (Å²) in [5.74, 6) is 4.41. The summed E-state index contributed by atoms with van der Waals surface area (Å²) in [6, 6.07) is 0.529. The topological polar surface area (TPSA) is 101 Å². The maximum atomic E-state index is 8.74. The van der Waals surface area contributed by atoms with Crippen molar-refractivity contribution in [2.24, 2.45) is 29.4 Å². The monoisotopic (exact) mass is 305 g/mol. The fraction of sp³-hybridized carbons (Fsp3) is 1.00. The maximum Gasteiger partial charge on any atom is 0.394 e. The van der Waals surface area contributed by atoms with Crippen molar-refractivity contribution in [2.45, 2.75) is 63.8 Å². The van der Waals surface area contributed by atoms with Crippen molar-refractivity contribution in [3.63, 3.8) is 0 Å². The Balaban J connectivity index is 0.000000257. The number of nitrogens with two attached hydrogens (primary N) is 1. The molecule has 6 heteroatoms. The molecule has 2 bridgehead atoms. The fourth-order valence-corrected chi connectivity index (χ4v) is 4.52. The van der Waals surface area contributed by atoms with Gasteiger partial charge in [-0.15, -0.1) is 0 Å². The van der Waals surface area contributed by atoms with E-state index in [9.17, 15) is 0 Å². The van der Waals surface area contributed by atoms with Crippen LogP contribution in [-0.4, -0.2) is 23.6 Å². The Morgan fingerprint density at radius 2 is 1.55 bits per heavy atom. The number of fused-ring (bicyclic) bond motifs is 2. The Kier molecular flexibility index (Phi) is 5.45. The van der Waals surface area contributed by atoms with Crippen LogP contribution < -0.4 is 5.73 Å². The third kappa shape index (κ3) is 5.31. The number of rotatable bonds is 2. The zero-order chi connectivity index (χ0) is 14.8. The largest absolute Gasteiger partial charge is 0.394 e. The van der Waals surface area contributed by atoms with Gasteiger partial charge >= 0.3 is 10.4 Å². The third-order valence-electron chi connectivity index (χ3n) is 5.41. The van der Waals surface area contributed by atoms with E-state index in [2.05, 4.69) is 0 Å². The van der Waals surface area contributed by atoms with Gasteiger partial charge in [-0.25, -0.2) is 0 Å². The molecule has 0 aliphatic heterocycles. The van der Waals surface area contributed by atoms with Gasteiger partial charge in [-0.3, -0.25) is 9.11 Å². The summed E-state index contributed by atoms with van der Waals surface area (Å²) >= 11 is 0. The van der Waals surface area contributed by atoms with Crippen LogP contribution in [0.3, 0.4) is 0 Å². The van der Waals surface area contributed by atoms with Crippen LogP contribution in [0.4, 0.5) is 0 Å². The van der Waals surface area contributed by atoms with E-state index in [1.54, 1.807) is 32.1 Å². The van der Waals surface area contributed by atoms with Gasteiger partial charge in [0, 0.05) is 6.04 Å².